The monoisotopic (exact) mass is 290 g/mol. The van der Waals surface area contributed by atoms with Crippen molar-refractivity contribution < 1.29 is 14.6 Å². The summed E-state index contributed by atoms with van der Waals surface area (Å²) in [6.45, 7) is 16.5. The lowest BCUT2D eigenvalue weighted by Gasteiger charge is -2.33. The van der Waals surface area contributed by atoms with Crippen LogP contribution in [0.15, 0.2) is 0 Å². The van der Waals surface area contributed by atoms with Crippen LogP contribution in [0.3, 0.4) is 0 Å². The number of rotatable bonds is 9. The molecule has 0 bridgehead atoms. The van der Waals surface area contributed by atoms with Gasteiger partial charge in [0.15, 0.2) is 0 Å². The number of unbranched alkanes of at least 4 members (excludes halogenated alkanes) is 2. The molecule has 0 unspecified atom stereocenters. The molecule has 3 heteroatoms. The van der Waals surface area contributed by atoms with E-state index in [1.807, 2.05) is 34.6 Å². The van der Waals surface area contributed by atoms with Crippen molar-refractivity contribution in [2.75, 3.05) is 19.8 Å². The fourth-order valence-corrected chi connectivity index (χ4v) is 1.74. The molecule has 0 radical (unpaired) electrons. The summed E-state index contributed by atoms with van der Waals surface area (Å²) in [5.74, 6) is 0. The number of hydrogen-bond acceptors (Lipinski definition) is 3. The summed E-state index contributed by atoms with van der Waals surface area (Å²) in [5, 5.41) is 8.72. The van der Waals surface area contributed by atoms with Crippen LogP contribution in [0.4, 0.5) is 0 Å². The Balaban J connectivity index is 0. The van der Waals surface area contributed by atoms with Crippen LogP contribution in [0.1, 0.15) is 80.6 Å². The molecule has 20 heavy (non-hydrogen) atoms. The van der Waals surface area contributed by atoms with E-state index >= 15 is 0 Å². The zero-order chi connectivity index (χ0) is 16.1. The van der Waals surface area contributed by atoms with Gasteiger partial charge in [0, 0.05) is 19.8 Å². The zero-order valence-corrected chi connectivity index (χ0v) is 14.9. The minimum atomic E-state index is -0.215. The molecule has 0 rings (SSSR count). The number of aliphatic hydroxyl groups is 1. The van der Waals surface area contributed by atoms with Crippen LogP contribution < -0.4 is 0 Å². The molecular formula is C17H38O3. The van der Waals surface area contributed by atoms with Gasteiger partial charge in [-0.15, -0.1) is 0 Å². The van der Waals surface area contributed by atoms with Crippen molar-refractivity contribution in [2.24, 2.45) is 0 Å². The summed E-state index contributed by atoms with van der Waals surface area (Å²) in [5.41, 5.74) is -0.342. The Kier molecular flexibility index (Phi) is 14.0. The molecule has 1 N–H and O–H groups in total. The second-order valence-corrected chi connectivity index (χ2v) is 6.77. The maximum Gasteiger partial charge on any atom is 0.0655 e. The molecule has 3 nitrogen and oxygen atoms in total. The Morgan fingerprint density at radius 3 is 1.60 bits per heavy atom. The van der Waals surface area contributed by atoms with Gasteiger partial charge < -0.3 is 14.6 Å². The van der Waals surface area contributed by atoms with E-state index in [4.69, 9.17) is 14.6 Å². The maximum absolute atomic E-state index is 8.72. The molecule has 0 aliphatic heterocycles. The molecule has 0 aromatic heterocycles. The summed E-state index contributed by atoms with van der Waals surface area (Å²) in [6, 6.07) is 0. The van der Waals surface area contributed by atoms with E-state index < -0.39 is 0 Å². The maximum atomic E-state index is 8.72. The van der Waals surface area contributed by atoms with Crippen LogP contribution in [0.2, 0.25) is 0 Å². The first kappa shape index (κ1) is 22.2. The van der Waals surface area contributed by atoms with Crippen molar-refractivity contribution in [3.05, 3.63) is 0 Å². The Hall–Kier alpha value is -0.120. The van der Waals surface area contributed by atoms with Crippen molar-refractivity contribution in [1.29, 1.82) is 0 Å². The van der Waals surface area contributed by atoms with Gasteiger partial charge in [0.2, 0.25) is 0 Å². The van der Waals surface area contributed by atoms with Crippen LogP contribution in [0.5, 0.6) is 0 Å². The van der Waals surface area contributed by atoms with Gasteiger partial charge in [0.25, 0.3) is 0 Å². The van der Waals surface area contributed by atoms with Crippen LogP contribution in [0.25, 0.3) is 0 Å². The van der Waals surface area contributed by atoms with Crippen LogP contribution >= 0.6 is 0 Å². The first-order valence-electron chi connectivity index (χ1n) is 8.07. The average Bonchev–Trinajstić information content (AvgIpc) is 2.26. The third kappa shape index (κ3) is 20.2. The van der Waals surface area contributed by atoms with Crippen molar-refractivity contribution in [3.8, 4) is 0 Å². The molecule has 0 saturated carbocycles. The van der Waals surface area contributed by atoms with Crippen LogP contribution in [0, 0.1) is 0 Å². The average molecular weight is 290 g/mol. The normalized spacial score (nSPS) is 12.0. The molecule has 0 aromatic carbocycles. The largest absolute Gasteiger partial charge is 0.396 e. The van der Waals surface area contributed by atoms with Gasteiger partial charge in [-0.2, -0.15) is 0 Å². The van der Waals surface area contributed by atoms with Gasteiger partial charge in [-0.25, -0.2) is 0 Å². The molecule has 0 aliphatic carbocycles. The standard InChI is InChI=1S/C9H20O2.C8H18O/c1-8(2,3)11-9(4,5)6-7-10;1-3-5-7-9-8-6-4-2/h10H,6-7H2,1-5H3;3-8H2,1-2H3. The quantitative estimate of drug-likeness (QED) is 0.632. The Bertz CT molecular complexity index is 189. The molecule has 124 valence electrons. The SMILES string of the molecule is CC(C)(C)OC(C)(C)CCO.CCCCOCCCC. The van der Waals surface area contributed by atoms with E-state index in [2.05, 4.69) is 13.8 Å². The van der Waals surface area contributed by atoms with E-state index in [1.165, 1.54) is 25.7 Å². The van der Waals surface area contributed by atoms with Crippen molar-refractivity contribution in [1.82, 2.24) is 0 Å². The zero-order valence-electron chi connectivity index (χ0n) is 14.9. The lowest BCUT2D eigenvalue weighted by Crippen LogP contribution is -2.35. The second-order valence-electron chi connectivity index (χ2n) is 6.77. The molecule has 0 aromatic rings. The number of ether oxygens (including phenoxy) is 2. The third-order valence-electron chi connectivity index (χ3n) is 2.58. The van der Waals surface area contributed by atoms with Gasteiger partial charge in [0.1, 0.15) is 0 Å². The van der Waals surface area contributed by atoms with E-state index in [1.54, 1.807) is 0 Å². The fraction of sp³-hybridized carbons (Fsp3) is 1.00. The van der Waals surface area contributed by atoms with Gasteiger partial charge in [0.05, 0.1) is 11.2 Å². The highest BCUT2D eigenvalue weighted by Gasteiger charge is 2.24. The summed E-state index contributed by atoms with van der Waals surface area (Å²) < 4.78 is 11.0. The first-order chi connectivity index (χ1) is 9.18. The predicted octanol–water partition coefficient (Wildman–Crippen LogP) is 4.57. The second kappa shape index (κ2) is 12.6. The van der Waals surface area contributed by atoms with E-state index in [-0.39, 0.29) is 17.8 Å². The van der Waals surface area contributed by atoms with Gasteiger partial charge in [-0.1, -0.05) is 26.7 Å². The van der Waals surface area contributed by atoms with Gasteiger partial charge in [-0.05, 0) is 53.9 Å². The Labute approximate surface area is 127 Å². The predicted molar refractivity (Wildman–Crippen MR) is 87.3 cm³/mol. The molecule has 0 heterocycles. The van der Waals surface area contributed by atoms with Gasteiger partial charge in [-0.3, -0.25) is 0 Å². The fourth-order valence-electron chi connectivity index (χ4n) is 1.74. The lowest BCUT2D eigenvalue weighted by atomic mass is 10.0. The summed E-state index contributed by atoms with van der Waals surface area (Å²) in [7, 11) is 0. The lowest BCUT2D eigenvalue weighted by molar-refractivity contribution is -0.120. The Morgan fingerprint density at radius 2 is 1.30 bits per heavy atom. The highest BCUT2D eigenvalue weighted by Crippen LogP contribution is 2.22. The highest BCUT2D eigenvalue weighted by molar-refractivity contribution is 4.73. The van der Waals surface area contributed by atoms with E-state index in [0.29, 0.717) is 6.42 Å². The minimum absolute atomic E-state index is 0.126. The van der Waals surface area contributed by atoms with E-state index in [0.717, 1.165) is 13.2 Å². The Morgan fingerprint density at radius 1 is 0.850 bits per heavy atom. The number of hydrogen-bond donors (Lipinski definition) is 1. The van der Waals surface area contributed by atoms with Crippen molar-refractivity contribution in [2.45, 2.75) is 91.8 Å². The van der Waals surface area contributed by atoms with Gasteiger partial charge >= 0.3 is 0 Å². The smallest absolute Gasteiger partial charge is 0.0655 e. The van der Waals surface area contributed by atoms with Crippen LogP contribution in [-0.4, -0.2) is 36.1 Å². The topological polar surface area (TPSA) is 38.7 Å². The van der Waals surface area contributed by atoms with Crippen molar-refractivity contribution in [3.63, 3.8) is 0 Å². The molecule has 0 aliphatic rings. The summed E-state index contributed by atoms with van der Waals surface area (Å²) >= 11 is 0. The summed E-state index contributed by atoms with van der Waals surface area (Å²) in [4.78, 5) is 0. The third-order valence-corrected chi connectivity index (χ3v) is 2.58. The number of aliphatic hydroxyl groups excluding tert-OH is 1. The molecule has 0 atom stereocenters. The first-order valence-corrected chi connectivity index (χ1v) is 8.07. The molecule has 0 saturated heterocycles. The highest BCUT2D eigenvalue weighted by atomic mass is 16.5. The molecule has 0 fully saturated rings. The minimum Gasteiger partial charge on any atom is -0.396 e. The summed E-state index contributed by atoms with van der Waals surface area (Å²) in [6.07, 6.45) is 5.59. The molecule has 0 amide bonds. The molecule has 0 spiro atoms. The van der Waals surface area contributed by atoms with Crippen LogP contribution in [-0.2, 0) is 9.47 Å². The van der Waals surface area contributed by atoms with Crippen molar-refractivity contribution >= 4 is 0 Å². The van der Waals surface area contributed by atoms with E-state index in [9.17, 15) is 0 Å². The molecular weight excluding hydrogens is 252 g/mol.